The third-order valence-corrected chi connectivity index (χ3v) is 5.52. The average Bonchev–Trinajstić information content (AvgIpc) is 2.85. The second kappa shape index (κ2) is 6.68. The number of thioether (sulfide) groups is 1. The molecule has 1 aromatic carbocycles. The SMILES string of the molecule is Cc1nc(NC(=O)[C@H](C)Sc2ccc3ccccc3n2)sc1C. The van der Waals surface area contributed by atoms with E-state index in [1.807, 2.05) is 57.2 Å². The molecule has 1 atom stereocenters. The van der Waals surface area contributed by atoms with Crippen LogP contribution in [0.2, 0.25) is 0 Å². The predicted octanol–water partition coefficient (Wildman–Crippen LogP) is 4.43. The van der Waals surface area contributed by atoms with Gasteiger partial charge in [-0.05, 0) is 32.9 Å². The Bertz CT molecular complexity index is 840. The fourth-order valence-electron chi connectivity index (χ4n) is 2.08. The van der Waals surface area contributed by atoms with Crippen molar-refractivity contribution in [2.75, 3.05) is 5.32 Å². The largest absolute Gasteiger partial charge is 0.301 e. The van der Waals surface area contributed by atoms with E-state index in [1.54, 1.807) is 0 Å². The number of hydrogen-bond donors (Lipinski definition) is 1. The van der Waals surface area contributed by atoms with Crippen molar-refractivity contribution in [2.24, 2.45) is 0 Å². The minimum absolute atomic E-state index is 0.0568. The Labute approximate surface area is 143 Å². The van der Waals surface area contributed by atoms with Gasteiger partial charge < -0.3 is 5.32 Å². The van der Waals surface area contributed by atoms with E-state index in [0.717, 1.165) is 26.5 Å². The number of rotatable bonds is 4. The van der Waals surface area contributed by atoms with Gasteiger partial charge in [-0.2, -0.15) is 0 Å². The third-order valence-electron chi connectivity index (χ3n) is 3.50. The van der Waals surface area contributed by atoms with E-state index in [1.165, 1.54) is 23.1 Å². The smallest absolute Gasteiger partial charge is 0.239 e. The third kappa shape index (κ3) is 3.71. The number of nitrogens with zero attached hydrogens (tertiary/aromatic N) is 2. The number of thiazole rings is 1. The number of carbonyl (C=O) groups is 1. The quantitative estimate of drug-likeness (QED) is 0.712. The van der Waals surface area contributed by atoms with Crippen LogP contribution in [0.15, 0.2) is 41.4 Å². The van der Waals surface area contributed by atoms with Crippen LogP contribution in [0.4, 0.5) is 5.13 Å². The number of pyridine rings is 1. The number of amides is 1. The zero-order chi connectivity index (χ0) is 16.4. The molecule has 0 aliphatic carbocycles. The van der Waals surface area contributed by atoms with Crippen LogP contribution in [-0.2, 0) is 4.79 Å². The summed E-state index contributed by atoms with van der Waals surface area (Å²) in [6, 6.07) is 11.9. The van der Waals surface area contributed by atoms with Crippen LogP contribution < -0.4 is 5.32 Å². The summed E-state index contributed by atoms with van der Waals surface area (Å²) in [5.74, 6) is -0.0568. The van der Waals surface area contributed by atoms with Crippen LogP contribution >= 0.6 is 23.1 Å². The summed E-state index contributed by atoms with van der Waals surface area (Å²) in [4.78, 5) is 22.4. The molecule has 0 saturated carbocycles. The number of aryl methyl sites for hydroxylation is 2. The Balaban J connectivity index is 1.69. The van der Waals surface area contributed by atoms with Crippen molar-refractivity contribution in [2.45, 2.75) is 31.0 Å². The number of aromatic nitrogens is 2. The van der Waals surface area contributed by atoms with E-state index in [-0.39, 0.29) is 11.2 Å². The molecule has 2 heterocycles. The van der Waals surface area contributed by atoms with Crippen LogP contribution in [0.25, 0.3) is 10.9 Å². The van der Waals surface area contributed by atoms with E-state index < -0.39 is 0 Å². The van der Waals surface area contributed by atoms with Gasteiger partial charge in [-0.15, -0.1) is 11.3 Å². The van der Waals surface area contributed by atoms with Crippen LogP contribution in [0.3, 0.4) is 0 Å². The van der Waals surface area contributed by atoms with E-state index in [0.29, 0.717) is 5.13 Å². The molecular weight excluding hydrogens is 326 g/mol. The highest BCUT2D eigenvalue weighted by Crippen LogP contribution is 2.26. The number of fused-ring (bicyclic) bond motifs is 1. The first-order valence-electron chi connectivity index (χ1n) is 7.30. The maximum absolute atomic E-state index is 12.3. The highest BCUT2D eigenvalue weighted by atomic mass is 32.2. The monoisotopic (exact) mass is 343 g/mol. The molecule has 0 saturated heterocycles. The lowest BCUT2D eigenvalue weighted by Crippen LogP contribution is -2.22. The minimum atomic E-state index is -0.242. The molecular formula is C17H17N3OS2. The molecule has 0 aliphatic heterocycles. The van der Waals surface area contributed by atoms with Gasteiger partial charge in [-0.3, -0.25) is 4.79 Å². The van der Waals surface area contributed by atoms with E-state index in [2.05, 4.69) is 15.3 Å². The van der Waals surface area contributed by atoms with Crippen molar-refractivity contribution >= 4 is 45.0 Å². The number of anilines is 1. The number of carbonyl (C=O) groups excluding carboxylic acids is 1. The summed E-state index contributed by atoms with van der Waals surface area (Å²) in [5.41, 5.74) is 1.90. The summed E-state index contributed by atoms with van der Waals surface area (Å²) in [6.45, 7) is 5.82. The van der Waals surface area contributed by atoms with Crippen LogP contribution in [0.5, 0.6) is 0 Å². The second-order valence-corrected chi connectivity index (χ2v) is 7.82. The van der Waals surface area contributed by atoms with Gasteiger partial charge in [0.25, 0.3) is 0 Å². The summed E-state index contributed by atoms with van der Waals surface area (Å²) in [6.07, 6.45) is 0. The first kappa shape index (κ1) is 16.0. The van der Waals surface area contributed by atoms with Crippen molar-refractivity contribution < 1.29 is 4.79 Å². The predicted molar refractivity (Wildman–Crippen MR) is 97.3 cm³/mol. The fourth-order valence-corrected chi connectivity index (χ4v) is 3.72. The Hall–Kier alpha value is -1.92. The molecule has 6 heteroatoms. The first-order chi connectivity index (χ1) is 11.0. The number of nitrogens with one attached hydrogen (secondary N) is 1. The molecule has 0 bridgehead atoms. The average molecular weight is 343 g/mol. The van der Waals surface area contributed by atoms with Crippen LogP contribution in [0, 0.1) is 13.8 Å². The molecule has 4 nitrogen and oxygen atoms in total. The molecule has 0 aliphatic rings. The zero-order valence-electron chi connectivity index (χ0n) is 13.2. The summed E-state index contributed by atoms with van der Waals surface area (Å²) in [7, 11) is 0. The Kier molecular flexibility index (Phi) is 4.63. The van der Waals surface area contributed by atoms with Crippen molar-refractivity contribution in [1.29, 1.82) is 0 Å². The van der Waals surface area contributed by atoms with Crippen LogP contribution in [-0.4, -0.2) is 21.1 Å². The first-order valence-corrected chi connectivity index (χ1v) is 9.00. The standard InChI is InChI=1S/C17H17N3OS2/c1-10-11(2)23-17(18-10)20-16(21)12(3)22-15-9-8-13-6-4-5-7-14(13)19-15/h4-9,12H,1-3H3,(H,18,20,21)/t12-/m0/s1. The number of hydrogen-bond acceptors (Lipinski definition) is 5. The van der Waals surface area contributed by atoms with Crippen molar-refractivity contribution in [1.82, 2.24) is 9.97 Å². The van der Waals surface area contributed by atoms with E-state index in [4.69, 9.17) is 0 Å². The van der Waals surface area contributed by atoms with E-state index in [9.17, 15) is 4.79 Å². The Morgan fingerprint density at radius 3 is 2.70 bits per heavy atom. The molecule has 0 radical (unpaired) electrons. The molecule has 1 amide bonds. The topological polar surface area (TPSA) is 54.9 Å². The molecule has 3 rings (SSSR count). The van der Waals surface area contributed by atoms with Gasteiger partial charge in [0.15, 0.2) is 5.13 Å². The molecule has 0 unspecified atom stereocenters. The molecule has 0 fully saturated rings. The second-order valence-electron chi connectivity index (χ2n) is 5.25. The summed E-state index contributed by atoms with van der Waals surface area (Å²) in [5, 5.41) is 5.24. The van der Waals surface area contributed by atoms with Gasteiger partial charge in [-0.25, -0.2) is 9.97 Å². The normalized spacial score (nSPS) is 12.3. The lowest BCUT2D eigenvalue weighted by molar-refractivity contribution is -0.115. The minimum Gasteiger partial charge on any atom is -0.301 e. The van der Waals surface area contributed by atoms with Crippen LogP contribution in [0.1, 0.15) is 17.5 Å². The highest BCUT2D eigenvalue weighted by molar-refractivity contribution is 8.00. The zero-order valence-corrected chi connectivity index (χ0v) is 14.8. The molecule has 118 valence electrons. The molecule has 1 N–H and O–H groups in total. The molecule has 2 aromatic heterocycles. The van der Waals surface area contributed by atoms with Gasteiger partial charge >= 0.3 is 0 Å². The van der Waals surface area contributed by atoms with Crippen molar-refractivity contribution in [3.63, 3.8) is 0 Å². The summed E-state index contributed by atoms with van der Waals surface area (Å²) < 4.78 is 0. The lowest BCUT2D eigenvalue weighted by atomic mass is 10.2. The Morgan fingerprint density at radius 2 is 1.96 bits per heavy atom. The maximum Gasteiger partial charge on any atom is 0.239 e. The molecule has 3 aromatic rings. The van der Waals surface area contributed by atoms with Gasteiger partial charge in [0.05, 0.1) is 21.5 Å². The number of para-hydroxylation sites is 1. The van der Waals surface area contributed by atoms with Gasteiger partial charge in [0.2, 0.25) is 5.91 Å². The Morgan fingerprint density at radius 1 is 1.17 bits per heavy atom. The fraction of sp³-hybridized carbons (Fsp3) is 0.235. The van der Waals surface area contributed by atoms with Crippen molar-refractivity contribution in [3.8, 4) is 0 Å². The molecule has 0 spiro atoms. The van der Waals surface area contributed by atoms with E-state index >= 15 is 0 Å². The lowest BCUT2D eigenvalue weighted by Gasteiger charge is -2.10. The highest BCUT2D eigenvalue weighted by Gasteiger charge is 2.17. The maximum atomic E-state index is 12.3. The van der Waals surface area contributed by atoms with Gasteiger partial charge in [0.1, 0.15) is 0 Å². The van der Waals surface area contributed by atoms with Gasteiger partial charge in [0, 0.05) is 10.3 Å². The number of benzene rings is 1. The van der Waals surface area contributed by atoms with Gasteiger partial charge in [-0.1, -0.05) is 36.0 Å². The molecule has 23 heavy (non-hydrogen) atoms. The van der Waals surface area contributed by atoms with Crippen molar-refractivity contribution in [3.05, 3.63) is 47.0 Å². The summed E-state index contributed by atoms with van der Waals surface area (Å²) >= 11 is 2.95.